The topological polar surface area (TPSA) is 39.2 Å². The quantitative estimate of drug-likeness (QED) is 0.773. The molecule has 0 spiro atoms. The number of hydrogen-bond donors (Lipinski definition) is 0. The van der Waals surface area contributed by atoms with Gasteiger partial charge in [0.15, 0.2) is 0 Å². The first-order valence-corrected chi connectivity index (χ1v) is 5.76. The maximum absolute atomic E-state index is 10.9. The zero-order chi connectivity index (χ0) is 13.0. The average molecular weight is 241 g/mol. The molecule has 0 saturated carbocycles. The first-order chi connectivity index (χ1) is 8.72. The van der Waals surface area contributed by atoms with Crippen molar-refractivity contribution in [3.05, 3.63) is 58.9 Å². The van der Waals surface area contributed by atoms with Gasteiger partial charge in [-0.2, -0.15) is 0 Å². The number of benzene rings is 1. The summed E-state index contributed by atoms with van der Waals surface area (Å²) in [6.45, 7) is 1.88. The predicted molar refractivity (Wildman–Crippen MR) is 70.2 cm³/mol. The Balaban J connectivity index is 2.20. The molecule has 0 amide bonds. The summed E-state index contributed by atoms with van der Waals surface area (Å²) in [6, 6.07) is 9.68. The summed E-state index contributed by atoms with van der Waals surface area (Å²) in [6.07, 6.45) is 3.32. The molecule has 3 nitrogen and oxygen atoms in total. The zero-order valence-electron chi connectivity index (χ0n) is 10.5. The Hall–Kier alpha value is -2.16. The van der Waals surface area contributed by atoms with E-state index in [1.165, 1.54) is 0 Å². The van der Waals surface area contributed by atoms with Crippen molar-refractivity contribution in [1.82, 2.24) is 4.98 Å². The molecule has 0 aliphatic heterocycles. The van der Waals surface area contributed by atoms with Crippen LogP contribution in [0.15, 0.2) is 36.5 Å². The fourth-order valence-corrected chi connectivity index (χ4v) is 1.76. The fraction of sp³-hybridized carbons (Fsp3) is 0.200. The van der Waals surface area contributed by atoms with Gasteiger partial charge in [-0.05, 0) is 36.2 Å². The highest BCUT2D eigenvalue weighted by Gasteiger charge is 2.02. The predicted octanol–water partition coefficient (Wildman–Crippen LogP) is 2.80. The van der Waals surface area contributed by atoms with E-state index in [2.05, 4.69) is 4.98 Å². The maximum atomic E-state index is 10.9. The van der Waals surface area contributed by atoms with E-state index in [4.69, 9.17) is 4.74 Å². The Morgan fingerprint density at radius 3 is 2.61 bits per heavy atom. The number of aldehydes is 1. The molecule has 3 heteroatoms. The van der Waals surface area contributed by atoms with Crippen molar-refractivity contribution < 1.29 is 9.53 Å². The van der Waals surface area contributed by atoms with Crippen molar-refractivity contribution in [2.75, 3.05) is 7.11 Å². The Kier molecular flexibility index (Phi) is 3.72. The van der Waals surface area contributed by atoms with Crippen LogP contribution in [0.25, 0.3) is 0 Å². The van der Waals surface area contributed by atoms with E-state index in [0.717, 1.165) is 28.9 Å². The Morgan fingerprint density at radius 1 is 1.28 bits per heavy atom. The van der Waals surface area contributed by atoms with Crippen LogP contribution >= 0.6 is 0 Å². The first-order valence-electron chi connectivity index (χ1n) is 5.76. The number of methoxy groups -OCH3 is 1. The van der Waals surface area contributed by atoms with Crippen LogP contribution < -0.4 is 4.74 Å². The van der Waals surface area contributed by atoms with Gasteiger partial charge in [0.25, 0.3) is 0 Å². The molecule has 0 N–H and O–H groups in total. The highest BCUT2D eigenvalue weighted by Crippen LogP contribution is 2.15. The molecule has 1 aromatic heterocycles. The molecule has 1 heterocycles. The van der Waals surface area contributed by atoms with Crippen molar-refractivity contribution in [1.29, 1.82) is 0 Å². The molecule has 0 fully saturated rings. The minimum absolute atomic E-state index is 0.702. The lowest BCUT2D eigenvalue weighted by Gasteiger charge is -2.05. The molecule has 0 radical (unpaired) electrons. The third-order valence-corrected chi connectivity index (χ3v) is 2.87. The van der Waals surface area contributed by atoms with E-state index in [1.807, 2.05) is 37.3 Å². The van der Waals surface area contributed by atoms with Crippen LogP contribution in [-0.4, -0.2) is 18.4 Å². The van der Waals surface area contributed by atoms with Crippen LogP contribution in [0, 0.1) is 6.92 Å². The molecule has 0 bridgehead atoms. The van der Waals surface area contributed by atoms with Gasteiger partial charge in [0, 0.05) is 23.9 Å². The highest BCUT2D eigenvalue weighted by molar-refractivity contribution is 5.77. The smallest absolute Gasteiger partial charge is 0.150 e. The van der Waals surface area contributed by atoms with Crippen LogP contribution in [-0.2, 0) is 6.42 Å². The zero-order valence-corrected chi connectivity index (χ0v) is 10.5. The van der Waals surface area contributed by atoms with E-state index in [9.17, 15) is 4.79 Å². The number of carbonyl (C=O) groups is 1. The average Bonchev–Trinajstić information content (AvgIpc) is 2.42. The SMILES string of the molecule is COc1ccc(Cc2cc(C=O)c(C)cn2)cc1. The second-order valence-electron chi connectivity index (χ2n) is 4.17. The Labute approximate surface area is 106 Å². The van der Waals surface area contributed by atoms with Gasteiger partial charge in [-0.15, -0.1) is 0 Å². The summed E-state index contributed by atoms with van der Waals surface area (Å²) < 4.78 is 5.11. The number of carbonyl (C=O) groups excluding carboxylic acids is 1. The maximum Gasteiger partial charge on any atom is 0.150 e. The third kappa shape index (κ3) is 2.74. The molecular formula is C15H15NO2. The molecule has 0 atom stereocenters. The van der Waals surface area contributed by atoms with Crippen molar-refractivity contribution in [3.8, 4) is 5.75 Å². The fourth-order valence-electron chi connectivity index (χ4n) is 1.76. The Bertz CT molecular complexity index is 547. The molecule has 2 rings (SSSR count). The lowest BCUT2D eigenvalue weighted by molar-refractivity contribution is 0.112. The number of aromatic nitrogens is 1. The lowest BCUT2D eigenvalue weighted by atomic mass is 10.1. The summed E-state index contributed by atoms with van der Waals surface area (Å²) in [4.78, 5) is 15.2. The van der Waals surface area contributed by atoms with Crippen LogP contribution in [0.2, 0.25) is 0 Å². The van der Waals surface area contributed by atoms with Gasteiger partial charge >= 0.3 is 0 Å². The van der Waals surface area contributed by atoms with E-state index in [-0.39, 0.29) is 0 Å². The third-order valence-electron chi connectivity index (χ3n) is 2.87. The number of nitrogens with zero attached hydrogens (tertiary/aromatic N) is 1. The summed E-state index contributed by atoms with van der Waals surface area (Å²) >= 11 is 0. The number of ether oxygens (including phenoxy) is 1. The molecular weight excluding hydrogens is 226 g/mol. The second-order valence-corrected chi connectivity index (χ2v) is 4.17. The Morgan fingerprint density at radius 2 is 2.00 bits per heavy atom. The van der Waals surface area contributed by atoms with E-state index < -0.39 is 0 Å². The molecule has 2 aromatic rings. The molecule has 0 saturated heterocycles. The van der Waals surface area contributed by atoms with Crippen molar-refractivity contribution in [2.24, 2.45) is 0 Å². The minimum Gasteiger partial charge on any atom is -0.497 e. The van der Waals surface area contributed by atoms with Gasteiger partial charge in [-0.3, -0.25) is 9.78 Å². The minimum atomic E-state index is 0.702. The van der Waals surface area contributed by atoms with Crippen LogP contribution in [0.5, 0.6) is 5.75 Å². The number of aryl methyl sites for hydroxylation is 1. The monoisotopic (exact) mass is 241 g/mol. The van der Waals surface area contributed by atoms with Gasteiger partial charge in [-0.1, -0.05) is 12.1 Å². The largest absolute Gasteiger partial charge is 0.497 e. The van der Waals surface area contributed by atoms with Crippen molar-refractivity contribution in [2.45, 2.75) is 13.3 Å². The highest BCUT2D eigenvalue weighted by atomic mass is 16.5. The van der Waals surface area contributed by atoms with Gasteiger partial charge in [0.2, 0.25) is 0 Å². The normalized spacial score (nSPS) is 10.1. The van der Waals surface area contributed by atoms with Gasteiger partial charge in [0.1, 0.15) is 12.0 Å². The number of rotatable bonds is 4. The van der Waals surface area contributed by atoms with Crippen LogP contribution in [0.3, 0.4) is 0 Å². The summed E-state index contributed by atoms with van der Waals surface area (Å²) in [5.41, 5.74) is 3.65. The molecule has 0 aliphatic rings. The summed E-state index contributed by atoms with van der Waals surface area (Å²) in [5.74, 6) is 0.837. The van der Waals surface area contributed by atoms with Gasteiger partial charge in [0.05, 0.1) is 7.11 Å². The van der Waals surface area contributed by atoms with Gasteiger partial charge < -0.3 is 4.74 Å². The number of hydrogen-bond acceptors (Lipinski definition) is 3. The molecule has 18 heavy (non-hydrogen) atoms. The van der Waals surface area contributed by atoms with Crippen molar-refractivity contribution >= 4 is 6.29 Å². The molecule has 0 unspecified atom stereocenters. The summed E-state index contributed by atoms with van der Waals surface area (Å²) in [5, 5.41) is 0. The lowest BCUT2D eigenvalue weighted by Crippen LogP contribution is -1.96. The first kappa shape index (κ1) is 12.3. The van der Waals surface area contributed by atoms with Crippen molar-refractivity contribution in [3.63, 3.8) is 0 Å². The second kappa shape index (κ2) is 5.45. The van der Waals surface area contributed by atoms with E-state index in [1.54, 1.807) is 13.3 Å². The van der Waals surface area contributed by atoms with E-state index >= 15 is 0 Å². The number of pyridine rings is 1. The van der Waals surface area contributed by atoms with E-state index in [0.29, 0.717) is 12.0 Å². The standard InChI is InChI=1S/C15H15NO2/c1-11-9-16-14(8-13(11)10-17)7-12-3-5-15(18-2)6-4-12/h3-6,8-10H,7H2,1-2H3. The van der Waals surface area contributed by atoms with Crippen LogP contribution in [0.4, 0.5) is 0 Å². The molecule has 92 valence electrons. The van der Waals surface area contributed by atoms with Gasteiger partial charge in [-0.25, -0.2) is 0 Å². The molecule has 0 aliphatic carbocycles. The summed E-state index contributed by atoms with van der Waals surface area (Å²) in [7, 11) is 1.65. The van der Waals surface area contributed by atoms with Crippen LogP contribution in [0.1, 0.15) is 27.2 Å². The molecule has 1 aromatic carbocycles.